The summed E-state index contributed by atoms with van der Waals surface area (Å²) >= 11 is 1.51. The molecule has 1 aromatic carbocycles. The predicted octanol–water partition coefficient (Wildman–Crippen LogP) is 2.46. The number of rotatable bonds is 2. The highest BCUT2D eigenvalue weighted by Crippen LogP contribution is 2.27. The zero-order chi connectivity index (χ0) is 13.4. The summed E-state index contributed by atoms with van der Waals surface area (Å²) < 4.78 is 1.10. The van der Waals surface area contributed by atoms with Crippen LogP contribution in [-0.2, 0) is 4.79 Å². The highest BCUT2D eigenvalue weighted by atomic mass is 32.1. The van der Waals surface area contributed by atoms with Gasteiger partial charge in [-0.25, -0.2) is 4.98 Å². The third-order valence-corrected chi connectivity index (χ3v) is 4.25. The number of hydrogen-bond donors (Lipinski definition) is 2. The number of aryl methyl sites for hydroxylation is 1. The fraction of sp³-hybridized carbons (Fsp3) is 0.286. The maximum absolute atomic E-state index is 12.1. The molecule has 19 heavy (non-hydrogen) atoms. The third-order valence-electron chi connectivity index (χ3n) is 3.31. The van der Waals surface area contributed by atoms with Gasteiger partial charge in [0.1, 0.15) is 0 Å². The van der Waals surface area contributed by atoms with Crippen molar-refractivity contribution in [2.45, 2.75) is 13.8 Å². The van der Waals surface area contributed by atoms with Gasteiger partial charge in [-0.2, -0.15) is 0 Å². The van der Waals surface area contributed by atoms with E-state index in [9.17, 15) is 4.79 Å². The number of carbonyl (C=O) groups excluding carboxylic acids is 1. The number of aromatic nitrogens is 1. The number of nitrogens with one attached hydrogen (secondary N) is 2. The minimum Gasteiger partial charge on any atom is -0.309 e. The summed E-state index contributed by atoms with van der Waals surface area (Å²) in [6.45, 7) is 5.55. The van der Waals surface area contributed by atoms with E-state index in [4.69, 9.17) is 0 Å². The molecule has 1 amide bonds. The molecule has 5 heteroatoms. The van der Waals surface area contributed by atoms with Crippen LogP contribution in [-0.4, -0.2) is 24.0 Å². The van der Waals surface area contributed by atoms with Gasteiger partial charge in [0.05, 0.1) is 10.2 Å². The molecule has 0 radical (unpaired) electrons. The molecule has 1 saturated heterocycles. The molecule has 1 fully saturated rings. The molecule has 98 valence electrons. The molecule has 0 spiro atoms. The SMILES string of the molecule is CC(C(=O)Nc1nc2ccc(C)cc2s1)=C1CNC1. The largest absolute Gasteiger partial charge is 0.309 e. The molecule has 1 aliphatic heterocycles. The molecule has 2 N–H and O–H groups in total. The smallest absolute Gasteiger partial charge is 0.253 e. The predicted molar refractivity (Wildman–Crippen MR) is 78.6 cm³/mol. The lowest BCUT2D eigenvalue weighted by Gasteiger charge is -2.21. The Morgan fingerprint density at radius 1 is 1.42 bits per heavy atom. The van der Waals surface area contributed by atoms with Gasteiger partial charge in [0, 0.05) is 18.7 Å². The Morgan fingerprint density at radius 3 is 2.89 bits per heavy atom. The lowest BCUT2D eigenvalue weighted by Crippen LogP contribution is -2.36. The molecule has 4 nitrogen and oxygen atoms in total. The van der Waals surface area contributed by atoms with Gasteiger partial charge in [-0.15, -0.1) is 0 Å². The second-order valence-electron chi connectivity index (χ2n) is 4.78. The van der Waals surface area contributed by atoms with E-state index in [2.05, 4.69) is 28.6 Å². The Morgan fingerprint density at radius 2 is 2.21 bits per heavy atom. The number of nitrogens with zero attached hydrogens (tertiary/aromatic N) is 1. The molecule has 0 aliphatic carbocycles. The second kappa shape index (κ2) is 4.75. The van der Waals surface area contributed by atoms with E-state index >= 15 is 0 Å². The molecule has 2 aromatic rings. The van der Waals surface area contributed by atoms with Gasteiger partial charge in [0.15, 0.2) is 5.13 Å². The highest BCUT2D eigenvalue weighted by Gasteiger charge is 2.17. The van der Waals surface area contributed by atoms with Crippen molar-refractivity contribution in [2.24, 2.45) is 0 Å². The van der Waals surface area contributed by atoms with Gasteiger partial charge in [-0.3, -0.25) is 10.1 Å². The average molecular weight is 273 g/mol. The van der Waals surface area contributed by atoms with Gasteiger partial charge >= 0.3 is 0 Å². The molecule has 1 aliphatic rings. The molecule has 0 bridgehead atoms. The van der Waals surface area contributed by atoms with Crippen LogP contribution in [0.2, 0.25) is 0 Å². The summed E-state index contributed by atoms with van der Waals surface area (Å²) in [5.41, 5.74) is 4.11. The first kappa shape index (κ1) is 12.3. The number of hydrogen-bond acceptors (Lipinski definition) is 4. The van der Waals surface area contributed by atoms with Crippen molar-refractivity contribution < 1.29 is 4.79 Å². The van der Waals surface area contributed by atoms with Crippen LogP contribution in [0.3, 0.4) is 0 Å². The quantitative estimate of drug-likeness (QED) is 0.826. The van der Waals surface area contributed by atoms with E-state index < -0.39 is 0 Å². The molecular formula is C14H15N3OS. The minimum atomic E-state index is -0.0488. The van der Waals surface area contributed by atoms with Crippen molar-refractivity contribution in [1.29, 1.82) is 0 Å². The normalized spacial score (nSPS) is 14.3. The van der Waals surface area contributed by atoms with Crippen molar-refractivity contribution in [3.8, 4) is 0 Å². The first-order valence-electron chi connectivity index (χ1n) is 6.21. The Balaban J connectivity index is 1.83. The van der Waals surface area contributed by atoms with E-state index in [1.54, 1.807) is 0 Å². The summed E-state index contributed by atoms with van der Waals surface area (Å²) in [4.78, 5) is 16.5. The zero-order valence-corrected chi connectivity index (χ0v) is 11.7. The molecule has 0 atom stereocenters. The van der Waals surface area contributed by atoms with Crippen LogP contribution >= 0.6 is 11.3 Å². The summed E-state index contributed by atoms with van der Waals surface area (Å²) in [5, 5.41) is 6.68. The van der Waals surface area contributed by atoms with E-state index in [1.807, 2.05) is 19.1 Å². The number of anilines is 1. The topological polar surface area (TPSA) is 54.0 Å². The summed E-state index contributed by atoms with van der Waals surface area (Å²) in [6.07, 6.45) is 0. The molecule has 3 rings (SSSR count). The van der Waals surface area contributed by atoms with Crippen molar-refractivity contribution in [3.05, 3.63) is 34.9 Å². The van der Waals surface area contributed by atoms with E-state index in [1.165, 1.54) is 22.5 Å². The number of thiazole rings is 1. The number of benzene rings is 1. The van der Waals surface area contributed by atoms with Crippen molar-refractivity contribution in [2.75, 3.05) is 18.4 Å². The standard InChI is InChI=1S/C14H15N3OS/c1-8-3-4-11-12(5-8)19-14(16-11)17-13(18)9(2)10-6-15-7-10/h3-5,15H,6-7H2,1-2H3,(H,16,17,18). The highest BCUT2D eigenvalue weighted by molar-refractivity contribution is 7.22. The van der Waals surface area contributed by atoms with Gasteiger partial charge in [-0.1, -0.05) is 17.4 Å². The van der Waals surface area contributed by atoms with Crippen LogP contribution < -0.4 is 10.6 Å². The number of fused-ring (bicyclic) bond motifs is 1. The monoisotopic (exact) mass is 273 g/mol. The Kier molecular flexibility index (Phi) is 3.08. The molecule has 0 unspecified atom stereocenters. The fourth-order valence-electron chi connectivity index (χ4n) is 1.95. The lowest BCUT2D eigenvalue weighted by atomic mass is 10.0. The number of carbonyl (C=O) groups is 1. The summed E-state index contributed by atoms with van der Waals surface area (Å²) in [6, 6.07) is 6.10. The van der Waals surface area contributed by atoms with Crippen LogP contribution in [0.4, 0.5) is 5.13 Å². The van der Waals surface area contributed by atoms with E-state index in [-0.39, 0.29) is 5.91 Å². The number of amides is 1. The fourth-order valence-corrected chi connectivity index (χ4v) is 2.91. The van der Waals surface area contributed by atoms with Gasteiger partial charge in [0.2, 0.25) is 0 Å². The van der Waals surface area contributed by atoms with Crippen molar-refractivity contribution in [1.82, 2.24) is 10.3 Å². The molecule has 2 heterocycles. The summed E-state index contributed by atoms with van der Waals surface area (Å²) in [7, 11) is 0. The van der Waals surface area contributed by atoms with Gasteiger partial charge in [-0.05, 0) is 37.1 Å². The lowest BCUT2D eigenvalue weighted by molar-refractivity contribution is -0.112. The maximum Gasteiger partial charge on any atom is 0.253 e. The van der Waals surface area contributed by atoms with Crippen LogP contribution in [0.5, 0.6) is 0 Å². The van der Waals surface area contributed by atoms with Crippen LogP contribution in [0.1, 0.15) is 12.5 Å². The minimum absolute atomic E-state index is 0.0488. The van der Waals surface area contributed by atoms with Gasteiger partial charge in [0.25, 0.3) is 5.91 Å². The van der Waals surface area contributed by atoms with E-state index in [0.717, 1.165) is 28.9 Å². The van der Waals surface area contributed by atoms with Crippen molar-refractivity contribution >= 4 is 32.6 Å². The molecular weight excluding hydrogens is 258 g/mol. The second-order valence-corrected chi connectivity index (χ2v) is 5.81. The maximum atomic E-state index is 12.1. The Labute approximate surface area is 115 Å². The first-order valence-corrected chi connectivity index (χ1v) is 7.03. The summed E-state index contributed by atoms with van der Waals surface area (Å²) in [5.74, 6) is -0.0488. The van der Waals surface area contributed by atoms with Crippen LogP contribution in [0.15, 0.2) is 29.3 Å². The third kappa shape index (κ3) is 2.39. The zero-order valence-electron chi connectivity index (χ0n) is 10.9. The Bertz CT molecular complexity index is 681. The van der Waals surface area contributed by atoms with Gasteiger partial charge < -0.3 is 5.32 Å². The average Bonchev–Trinajstić information content (AvgIpc) is 2.67. The van der Waals surface area contributed by atoms with Crippen LogP contribution in [0.25, 0.3) is 10.2 Å². The van der Waals surface area contributed by atoms with Crippen molar-refractivity contribution in [3.63, 3.8) is 0 Å². The van der Waals surface area contributed by atoms with Crippen LogP contribution in [0, 0.1) is 6.92 Å². The molecule has 0 saturated carbocycles. The van der Waals surface area contributed by atoms with E-state index in [0.29, 0.717) is 5.13 Å². The Hall–Kier alpha value is -1.72. The molecule has 1 aromatic heterocycles. The first-order chi connectivity index (χ1) is 9.13.